The molecule has 100 valence electrons. The number of hydrogen-bond acceptors (Lipinski definition) is 4. The molecule has 0 atom stereocenters. The molecule has 1 heterocycles. The van der Waals surface area contributed by atoms with Gasteiger partial charge in [0.2, 0.25) is 5.76 Å². The molecule has 0 unspecified atom stereocenters. The monoisotopic (exact) mass is 298 g/mol. The van der Waals surface area contributed by atoms with E-state index in [0.29, 0.717) is 21.5 Å². The fourth-order valence-electron chi connectivity index (χ4n) is 1.37. The number of carboxylic acids is 1. The topological polar surface area (TPSA) is 50.4 Å². The van der Waals surface area contributed by atoms with Gasteiger partial charge in [-0.1, -0.05) is 23.9 Å². The maximum atomic E-state index is 13.3. The zero-order valence-corrected chi connectivity index (χ0v) is 11.5. The molecular weight excluding hydrogens is 287 g/mol. The molecule has 0 saturated carbocycles. The zero-order valence-electron chi connectivity index (χ0n) is 9.84. The molecule has 2 aromatic rings. The quantitative estimate of drug-likeness (QED) is 0.645. The van der Waals surface area contributed by atoms with Gasteiger partial charge in [-0.25, -0.2) is 9.18 Å². The third kappa shape index (κ3) is 4.04. The molecule has 0 saturated heterocycles. The van der Waals surface area contributed by atoms with E-state index in [9.17, 15) is 9.18 Å². The van der Waals surface area contributed by atoms with E-state index in [2.05, 4.69) is 0 Å². The third-order valence-corrected chi connectivity index (χ3v) is 4.43. The molecular formula is C13H11FO3S2. The maximum Gasteiger partial charge on any atom is 0.371 e. The average molecular weight is 298 g/mol. The van der Waals surface area contributed by atoms with E-state index in [4.69, 9.17) is 9.52 Å². The van der Waals surface area contributed by atoms with Gasteiger partial charge < -0.3 is 9.52 Å². The first kappa shape index (κ1) is 14.0. The van der Waals surface area contributed by atoms with Crippen LogP contribution in [0.3, 0.4) is 0 Å². The van der Waals surface area contributed by atoms with E-state index < -0.39 is 5.97 Å². The number of carboxylic acid groups (broad SMARTS) is 1. The van der Waals surface area contributed by atoms with Gasteiger partial charge in [0.15, 0.2) is 5.09 Å². The van der Waals surface area contributed by atoms with Crippen molar-refractivity contribution in [2.45, 2.75) is 9.99 Å². The van der Waals surface area contributed by atoms with Crippen LogP contribution in [0.4, 0.5) is 4.39 Å². The molecule has 0 spiro atoms. The highest BCUT2D eigenvalue weighted by atomic mass is 32.2. The van der Waals surface area contributed by atoms with Crippen LogP contribution in [-0.4, -0.2) is 22.6 Å². The molecule has 0 aliphatic rings. The van der Waals surface area contributed by atoms with Gasteiger partial charge in [-0.3, -0.25) is 0 Å². The fourth-order valence-corrected chi connectivity index (χ4v) is 3.15. The molecule has 0 radical (unpaired) electrons. The van der Waals surface area contributed by atoms with Gasteiger partial charge in [-0.15, -0.1) is 11.8 Å². The Morgan fingerprint density at radius 1 is 1.16 bits per heavy atom. The molecule has 3 nitrogen and oxygen atoms in total. The fraction of sp³-hybridized carbons (Fsp3) is 0.154. The Morgan fingerprint density at radius 2 is 1.89 bits per heavy atom. The van der Waals surface area contributed by atoms with Crippen molar-refractivity contribution in [2.75, 3.05) is 11.5 Å². The second-order valence-electron chi connectivity index (χ2n) is 3.55. The number of carbonyl (C=O) groups is 1. The van der Waals surface area contributed by atoms with Crippen molar-refractivity contribution >= 4 is 29.5 Å². The van der Waals surface area contributed by atoms with Crippen LogP contribution in [0.15, 0.2) is 50.8 Å². The number of hydrogen-bond donors (Lipinski definition) is 1. The van der Waals surface area contributed by atoms with E-state index >= 15 is 0 Å². The summed E-state index contributed by atoms with van der Waals surface area (Å²) in [6.07, 6.45) is 0. The van der Waals surface area contributed by atoms with Gasteiger partial charge in [0.1, 0.15) is 5.82 Å². The lowest BCUT2D eigenvalue weighted by molar-refractivity contribution is 0.0656. The van der Waals surface area contributed by atoms with E-state index in [1.807, 2.05) is 0 Å². The van der Waals surface area contributed by atoms with Crippen LogP contribution < -0.4 is 0 Å². The lowest BCUT2D eigenvalue weighted by Crippen LogP contribution is -1.91. The number of furan rings is 1. The summed E-state index contributed by atoms with van der Waals surface area (Å²) in [7, 11) is 0. The summed E-state index contributed by atoms with van der Waals surface area (Å²) in [5, 5.41) is 9.26. The zero-order chi connectivity index (χ0) is 13.7. The number of benzene rings is 1. The standard InChI is InChI=1S/C13H11FO3S2/c14-9-3-1-2-4-11(9)18-7-8-19-12-6-5-10(17-12)13(15)16/h1-6H,7-8H2,(H,15,16). The Bertz CT molecular complexity index is 569. The number of halogens is 1. The molecule has 0 aliphatic carbocycles. The van der Waals surface area contributed by atoms with Crippen LogP contribution in [0.5, 0.6) is 0 Å². The van der Waals surface area contributed by atoms with Gasteiger partial charge in [0, 0.05) is 16.4 Å². The number of thioether (sulfide) groups is 2. The second-order valence-corrected chi connectivity index (χ2v) is 5.79. The minimum absolute atomic E-state index is 0.0655. The van der Waals surface area contributed by atoms with Crippen LogP contribution in [-0.2, 0) is 0 Å². The van der Waals surface area contributed by atoms with E-state index in [1.54, 1.807) is 24.3 Å². The molecule has 0 aliphatic heterocycles. The molecule has 1 N–H and O–H groups in total. The first-order valence-corrected chi connectivity index (χ1v) is 7.47. The van der Waals surface area contributed by atoms with Crippen molar-refractivity contribution in [3.63, 3.8) is 0 Å². The maximum absolute atomic E-state index is 13.3. The van der Waals surface area contributed by atoms with Crippen molar-refractivity contribution in [1.82, 2.24) is 0 Å². The van der Waals surface area contributed by atoms with Crippen molar-refractivity contribution in [2.24, 2.45) is 0 Å². The molecule has 19 heavy (non-hydrogen) atoms. The van der Waals surface area contributed by atoms with E-state index in [0.717, 1.165) is 0 Å². The van der Waals surface area contributed by atoms with Gasteiger partial charge in [-0.05, 0) is 24.3 Å². The highest BCUT2D eigenvalue weighted by Gasteiger charge is 2.09. The minimum Gasteiger partial charge on any atom is -0.475 e. The first-order valence-electron chi connectivity index (χ1n) is 5.50. The number of aromatic carboxylic acids is 1. The van der Waals surface area contributed by atoms with Crippen molar-refractivity contribution in [1.29, 1.82) is 0 Å². The minimum atomic E-state index is -1.08. The van der Waals surface area contributed by atoms with Crippen LogP contribution >= 0.6 is 23.5 Å². The summed E-state index contributed by atoms with van der Waals surface area (Å²) < 4.78 is 18.4. The lowest BCUT2D eigenvalue weighted by atomic mass is 10.3. The third-order valence-electron chi connectivity index (χ3n) is 2.21. The summed E-state index contributed by atoms with van der Waals surface area (Å²) in [5.41, 5.74) is 0. The van der Waals surface area contributed by atoms with Crippen molar-refractivity contribution < 1.29 is 18.7 Å². The van der Waals surface area contributed by atoms with Crippen LogP contribution in [0, 0.1) is 5.82 Å². The Labute approximate surface area is 118 Å². The molecule has 1 aromatic carbocycles. The van der Waals surface area contributed by atoms with Gasteiger partial charge >= 0.3 is 5.97 Å². The molecule has 6 heteroatoms. The summed E-state index contributed by atoms with van der Waals surface area (Å²) in [5.74, 6) is 0.0702. The first-order chi connectivity index (χ1) is 9.16. The molecule has 0 bridgehead atoms. The molecule has 0 fully saturated rings. The Morgan fingerprint density at radius 3 is 2.58 bits per heavy atom. The van der Waals surface area contributed by atoms with Gasteiger partial charge in [-0.2, -0.15) is 0 Å². The summed E-state index contributed by atoms with van der Waals surface area (Å²) >= 11 is 2.84. The summed E-state index contributed by atoms with van der Waals surface area (Å²) in [6.45, 7) is 0. The normalized spacial score (nSPS) is 10.6. The smallest absolute Gasteiger partial charge is 0.371 e. The second kappa shape index (κ2) is 6.68. The Kier molecular flexibility index (Phi) is 4.93. The highest BCUT2D eigenvalue weighted by Crippen LogP contribution is 2.25. The largest absolute Gasteiger partial charge is 0.475 e. The summed E-state index contributed by atoms with van der Waals surface area (Å²) in [4.78, 5) is 11.2. The van der Waals surface area contributed by atoms with Gasteiger partial charge in [0.25, 0.3) is 0 Å². The summed E-state index contributed by atoms with van der Waals surface area (Å²) in [6, 6.07) is 9.67. The van der Waals surface area contributed by atoms with E-state index in [-0.39, 0.29) is 11.6 Å². The average Bonchev–Trinajstić information content (AvgIpc) is 2.85. The van der Waals surface area contributed by atoms with Crippen LogP contribution in [0.2, 0.25) is 0 Å². The highest BCUT2D eigenvalue weighted by molar-refractivity contribution is 8.02. The van der Waals surface area contributed by atoms with Gasteiger partial charge in [0.05, 0.1) is 0 Å². The van der Waals surface area contributed by atoms with Crippen LogP contribution in [0.1, 0.15) is 10.6 Å². The van der Waals surface area contributed by atoms with Crippen LogP contribution in [0.25, 0.3) is 0 Å². The van der Waals surface area contributed by atoms with Crippen molar-refractivity contribution in [3.8, 4) is 0 Å². The van der Waals surface area contributed by atoms with Crippen molar-refractivity contribution in [3.05, 3.63) is 48.0 Å². The number of rotatable bonds is 6. The molecule has 2 rings (SSSR count). The lowest BCUT2D eigenvalue weighted by Gasteiger charge is -2.01. The molecule has 0 amide bonds. The Balaban J connectivity index is 1.77. The predicted octanol–water partition coefficient (Wildman–Crippen LogP) is 4.00. The van der Waals surface area contributed by atoms with E-state index in [1.165, 1.54) is 35.7 Å². The SMILES string of the molecule is O=C(O)c1ccc(SCCSc2ccccc2F)o1. The predicted molar refractivity (Wildman–Crippen MR) is 73.5 cm³/mol. The molecule has 1 aromatic heterocycles. The Hall–Kier alpha value is -1.40.